The van der Waals surface area contributed by atoms with E-state index in [0.29, 0.717) is 13.0 Å². The first kappa shape index (κ1) is 27.6. The van der Waals surface area contributed by atoms with Gasteiger partial charge in [-0.15, -0.1) is 0 Å². The number of ether oxygens (including phenoxy) is 1. The molecule has 163 valence electrons. The lowest BCUT2D eigenvalue weighted by Crippen LogP contribution is -2.44. The monoisotopic (exact) mass is 416 g/mol. The Morgan fingerprint density at radius 2 is 1.67 bits per heavy atom. The molecule has 0 spiro atoms. The fraction of sp³-hybridized carbons (Fsp3) is 0.381. The van der Waals surface area contributed by atoms with E-state index >= 15 is 0 Å². The second-order valence-corrected chi connectivity index (χ2v) is 6.53. The lowest BCUT2D eigenvalue weighted by molar-refractivity contribution is -0.327. The van der Waals surface area contributed by atoms with Crippen molar-refractivity contribution in [3.63, 3.8) is 0 Å². The van der Waals surface area contributed by atoms with Gasteiger partial charge in [-0.1, -0.05) is 68.1 Å². The number of hydrogen-bond acceptors (Lipinski definition) is 6. The quantitative estimate of drug-likeness (QED) is 0.297. The zero-order valence-electron chi connectivity index (χ0n) is 16.1. The van der Waals surface area contributed by atoms with Crippen LogP contribution in [0.3, 0.4) is 0 Å². The van der Waals surface area contributed by atoms with Crippen molar-refractivity contribution in [1.82, 2.24) is 10.6 Å². The van der Waals surface area contributed by atoms with Crippen LogP contribution in [0.25, 0.3) is 0 Å². The van der Waals surface area contributed by atoms with Crippen LogP contribution in [0.15, 0.2) is 60.7 Å². The van der Waals surface area contributed by atoms with Crippen molar-refractivity contribution in [1.29, 1.82) is 0 Å². The summed E-state index contributed by atoms with van der Waals surface area (Å²) in [6.07, 6.45) is -0.844. The Labute approximate surface area is 179 Å². The van der Waals surface area contributed by atoms with Crippen LogP contribution < -0.4 is 16.4 Å². The lowest BCUT2D eigenvalue weighted by Gasteiger charge is -2.14. The Kier molecular flexibility index (Phi) is 12.6. The van der Waals surface area contributed by atoms with Crippen LogP contribution in [0.5, 0.6) is 0 Å². The minimum atomic E-state index is -2.15. The molecular formula is C21H31BN3O5. The van der Waals surface area contributed by atoms with Crippen LogP contribution in [-0.4, -0.2) is 61.2 Å². The van der Waals surface area contributed by atoms with Crippen molar-refractivity contribution in [2.45, 2.75) is 38.4 Å². The first-order valence-corrected chi connectivity index (χ1v) is 8.99. The number of nitrogens with two attached hydrogens (primary N) is 1. The van der Waals surface area contributed by atoms with Crippen molar-refractivity contribution in [2.24, 2.45) is 5.73 Å². The molecule has 3 radical (unpaired) electrons. The summed E-state index contributed by atoms with van der Waals surface area (Å²) in [7, 11) is 0. The van der Waals surface area contributed by atoms with Crippen molar-refractivity contribution in [3.8, 4) is 0 Å². The van der Waals surface area contributed by atoms with Gasteiger partial charge in [-0.25, -0.2) is 10.1 Å². The molecule has 2 atom stereocenters. The zero-order chi connectivity index (χ0) is 20.4. The van der Waals surface area contributed by atoms with Crippen LogP contribution in [0, 0.1) is 0 Å². The van der Waals surface area contributed by atoms with E-state index in [1.807, 2.05) is 60.7 Å². The highest BCUT2D eigenvalue weighted by Crippen LogP contribution is 2.13. The first-order chi connectivity index (χ1) is 13.4. The SMILES string of the molecule is C.NC(=O)NC(CO)Cc1ccccc1.OC1(O)NC(Cc2ccccc2)CO1.[B]. The summed E-state index contributed by atoms with van der Waals surface area (Å²) in [5.74, 6) is 0. The summed E-state index contributed by atoms with van der Waals surface area (Å²) in [5.41, 5.74) is 7.16. The van der Waals surface area contributed by atoms with Gasteiger partial charge in [0.2, 0.25) is 0 Å². The van der Waals surface area contributed by atoms with E-state index in [0.717, 1.165) is 17.5 Å². The minimum Gasteiger partial charge on any atom is -0.394 e. The third-order valence-corrected chi connectivity index (χ3v) is 4.09. The van der Waals surface area contributed by atoms with Crippen LogP contribution in [0.2, 0.25) is 0 Å². The first-order valence-electron chi connectivity index (χ1n) is 8.99. The van der Waals surface area contributed by atoms with Crippen molar-refractivity contribution in [3.05, 3.63) is 71.8 Å². The van der Waals surface area contributed by atoms with Gasteiger partial charge in [0.05, 0.1) is 19.3 Å². The predicted octanol–water partition coefficient (Wildman–Crippen LogP) is 0.327. The van der Waals surface area contributed by atoms with Gasteiger partial charge in [-0.05, 0) is 24.0 Å². The molecule has 2 aromatic rings. The molecule has 2 unspecified atom stereocenters. The molecule has 1 aliphatic rings. The highest BCUT2D eigenvalue weighted by molar-refractivity contribution is 5.75. The Morgan fingerprint density at radius 3 is 2.10 bits per heavy atom. The molecule has 2 amide bonds. The average molecular weight is 416 g/mol. The van der Waals surface area contributed by atoms with Crippen molar-refractivity contribution in [2.75, 3.05) is 13.2 Å². The molecule has 7 N–H and O–H groups in total. The molecule has 30 heavy (non-hydrogen) atoms. The van der Waals surface area contributed by atoms with Gasteiger partial charge in [0, 0.05) is 14.5 Å². The summed E-state index contributed by atoms with van der Waals surface area (Å²) in [6, 6.07) is 18.5. The van der Waals surface area contributed by atoms with E-state index in [2.05, 4.69) is 10.6 Å². The number of primary amides is 1. The summed E-state index contributed by atoms with van der Waals surface area (Å²) in [6.45, 7) is 0.194. The van der Waals surface area contributed by atoms with Crippen LogP contribution >= 0.6 is 0 Å². The Hall–Kier alpha value is -2.43. The molecule has 0 aromatic heterocycles. The fourth-order valence-electron chi connectivity index (χ4n) is 2.84. The van der Waals surface area contributed by atoms with Gasteiger partial charge >= 0.3 is 12.1 Å². The number of nitrogens with one attached hydrogen (secondary N) is 2. The second-order valence-electron chi connectivity index (χ2n) is 6.53. The van der Waals surface area contributed by atoms with Crippen LogP contribution in [0.1, 0.15) is 18.6 Å². The normalized spacial score (nSPS) is 17.4. The number of urea groups is 1. The summed E-state index contributed by atoms with van der Waals surface area (Å²) in [5, 5.41) is 32.1. The molecule has 0 bridgehead atoms. The predicted molar refractivity (Wildman–Crippen MR) is 116 cm³/mol. The molecular weight excluding hydrogens is 385 g/mol. The molecule has 1 fully saturated rings. The topological polar surface area (TPSA) is 137 Å². The maximum absolute atomic E-state index is 10.6. The van der Waals surface area contributed by atoms with E-state index in [9.17, 15) is 4.79 Å². The molecule has 1 aliphatic heterocycles. The smallest absolute Gasteiger partial charge is 0.346 e. The number of aliphatic hydroxyl groups is 3. The molecule has 2 aromatic carbocycles. The van der Waals surface area contributed by atoms with Gasteiger partial charge in [-0.3, -0.25) is 0 Å². The highest BCUT2D eigenvalue weighted by Gasteiger charge is 2.35. The maximum atomic E-state index is 10.6. The number of carbonyl (C=O) groups excluding carboxylic acids is 1. The van der Waals surface area contributed by atoms with Gasteiger partial charge < -0.3 is 31.1 Å². The van der Waals surface area contributed by atoms with E-state index in [1.165, 1.54) is 0 Å². The molecule has 1 saturated heterocycles. The highest BCUT2D eigenvalue weighted by atomic mass is 16.8. The maximum Gasteiger partial charge on any atom is 0.346 e. The average Bonchev–Trinajstić information content (AvgIpc) is 3.01. The zero-order valence-corrected chi connectivity index (χ0v) is 16.1. The number of aliphatic hydroxyl groups excluding tert-OH is 1. The van der Waals surface area contributed by atoms with Crippen molar-refractivity contribution >= 4 is 14.4 Å². The van der Waals surface area contributed by atoms with Crippen LogP contribution in [0.4, 0.5) is 4.79 Å². The lowest BCUT2D eigenvalue weighted by atomic mass is 10.1. The molecule has 8 nitrogen and oxygen atoms in total. The second kappa shape index (κ2) is 13.7. The molecule has 1 heterocycles. The number of hydrogen-bond donors (Lipinski definition) is 6. The van der Waals surface area contributed by atoms with E-state index in [-0.39, 0.29) is 34.5 Å². The summed E-state index contributed by atoms with van der Waals surface area (Å²) < 4.78 is 4.73. The van der Waals surface area contributed by atoms with Crippen molar-refractivity contribution < 1.29 is 24.9 Å². The molecule has 3 rings (SSSR count). The van der Waals surface area contributed by atoms with Gasteiger partial charge in [0.1, 0.15) is 0 Å². The Morgan fingerprint density at radius 1 is 1.13 bits per heavy atom. The number of carbonyl (C=O) groups is 1. The number of rotatable bonds is 6. The molecule has 0 saturated carbocycles. The standard InChI is InChI=1S/C10H14N2O2.C10H13NO3.CH4.B/c11-10(14)12-9(7-13)6-8-4-2-1-3-5-8;12-10(13)11-9(7-14-10)6-8-4-2-1-3-5-8;;/h1-5,9,13H,6-7H2,(H3,11,12,14);1-5,9,11-13H,6-7H2;1H4;. The Balaban J connectivity index is 0.000000526. The van der Waals surface area contributed by atoms with Gasteiger partial charge in [-0.2, -0.15) is 0 Å². The largest absolute Gasteiger partial charge is 0.394 e. The Bertz CT molecular complexity index is 719. The minimum absolute atomic E-state index is 0. The number of benzene rings is 2. The summed E-state index contributed by atoms with van der Waals surface area (Å²) >= 11 is 0. The van der Waals surface area contributed by atoms with E-state index in [4.69, 9.17) is 25.8 Å². The van der Waals surface area contributed by atoms with Crippen LogP contribution in [-0.2, 0) is 17.6 Å². The fourth-order valence-corrected chi connectivity index (χ4v) is 2.84. The summed E-state index contributed by atoms with van der Waals surface area (Å²) in [4.78, 5) is 10.6. The van der Waals surface area contributed by atoms with E-state index in [1.54, 1.807) is 0 Å². The van der Waals surface area contributed by atoms with Gasteiger partial charge in [0.25, 0.3) is 0 Å². The third kappa shape index (κ3) is 10.4. The third-order valence-electron chi connectivity index (χ3n) is 4.09. The van der Waals surface area contributed by atoms with E-state index < -0.39 is 12.1 Å². The number of amides is 2. The molecule has 0 aliphatic carbocycles. The molecule has 9 heteroatoms. The van der Waals surface area contributed by atoms with Gasteiger partial charge in [0.15, 0.2) is 0 Å².